The van der Waals surface area contributed by atoms with Crippen molar-refractivity contribution in [1.29, 1.82) is 0 Å². The fraction of sp³-hybridized carbons (Fsp3) is 0.385. The lowest BCUT2D eigenvalue weighted by Crippen LogP contribution is -2.33. The molecule has 0 unspecified atom stereocenters. The molecule has 2 amide bonds. The maximum atomic E-state index is 13.1. The van der Waals surface area contributed by atoms with Crippen molar-refractivity contribution < 1.29 is 9.59 Å². The summed E-state index contributed by atoms with van der Waals surface area (Å²) in [5, 5.41) is 14.4. The Balaban J connectivity index is 1.36. The van der Waals surface area contributed by atoms with Crippen molar-refractivity contribution in [2.24, 2.45) is 7.05 Å². The number of aryl methyl sites for hydroxylation is 1. The number of anilines is 2. The molecule has 184 valence electrons. The average Bonchev–Trinajstić information content (AvgIpc) is 3.29. The van der Waals surface area contributed by atoms with E-state index >= 15 is 0 Å². The largest absolute Gasteiger partial charge is 0.325 e. The molecule has 1 fully saturated rings. The molecule has 2 aromatic carbocycles. The standard InChI is InChI=1S/C26H32N6O2S/c1-31(22-12-4-3-5-13-22)16-20-9-6-7-14-23(20)29-25(34)19-10-8-11-21(15-19)28-24(33)17-35-26-30-27-18-32(26)2/h6-11,14-15,18,22H,3-5,12-13,16-17H2,1-2H3,(H,28,33)(H,29,34). The predicted octanol–water partition coefficient (Wildman–Crippen LogP) is 4.56. The van der Waals surface area contributed by atoms with Crippen LogP contribution >= 0.6 is 11.8 Å². The number of amides is 2. The Morgan fingerprint density at radius 2 is 1.89 bits per heavy atom. The maximum Gasteiger partial charge on any atom is 0.255 e. The molecule has 0 aliphatic heterocycles. The molecule has 0 spiro atoms. The molecule has 35 heavy (non-hydrogen) atoms. The van der Waals surface area contributed by atoms with Gasteiger partial charge >= 0.3 is 0 Å². The van der Waals surface area contributed by atoms with E-state index in [1.54, 1.807) is 35.2 Å². The number of benzene rings is 2. The number of nitrogens with one attached hydrogen (secondary N) is 2. The second-order valence-corrected chi connectivity index (χ2v) is 9.90. The molecule has 4 rings (SSSR count). The molecule has 9 heteroatoms. The number of hydrogen-bond donors (Lipinski definition) is 2. The van der Waals surface area contributed by atoms with Crippen LogP contribution in [0.4, 0.5) is 11.4 Å². The van der Waals surface area contributed by atoms with Gasteiger partial charge in [0.1, 0.15) is 6.33 Å². The van der Waals surface area contributed by atoms with Crippen LogP contribution < -0.4 is 10.6 Å². The second-order valence-electron chi connectivity index (χ2n) is 8.96. The molecule has 1 aromatic heterocycles. The van der Waals surface area contributed by atoms with E-state index in [2.05, 4.69) is 38.8 Å². The Hall–Kier alpha value is -3.17. The van der Waals surface area contributed by atoms with Crippen molar-refractivity contribution >= 4 is 35.0 Å². The predicted molar refractivity (Wildman–Crippen MR) is 140 cm³/mol. The van der Waals surface area contributed by atoms with Gasteiger partial charge in [0.2, 0.25) is 5.91 Å². The lowest BCUT2D eigenvalue weighted by molar-refractivity contribution is -0.113. The zero-order chi connectivity index (χ0) is 24.6. The fourth-order valence-electron chi connectivity index (χ4n) is 4.36. The SMILES string of the molecule is CN(Cc1ccccc1NC(=O)c1cccc(NC(=O)CSc2nncn2C)c1)C1CCCCC1. The zero-order valence-corrected chi connectivity index (χ0v) is 21.1. The number of carbonyl (C=O) groups excluding carboxylic acids is 2. The van der Waals surface area contributed by atoms with Crippen LogP contribution in [-0.4, -0.2) is 50.3 Å². The van der Waals surface area contributed by atoms with E-state index in [1.165, 1.54) is 43.9 Å². The van der Waals surface area contributed by atoms with E-state index in [4.69, 9.17) is 0 Å². The van der Waals surface area contributed by atoms with E-state index in [9.17, 15) is 9.59 Å². The number of hydrogen-bond acceptors (Lipinski definition) is 6. The van der Waals surface area contributed by atoms with Gasteiger partial charge in [0, 0.05) is 36.6 Å². The molecule has 0 atom stereocenters. The summed E-state index contributed by atoms with van der Waals surface area (Å²) >= 11 is 1.30. The molecule has 3 aromatic rings. The first-order valence-corrected chi connectivity index (χ1v) is 12.9. The van der Waals surface area contributed by atoms with Crippen LogP contribution in [0.5, 0.6) is 0 Å². The van der Waals surface area contributed by atoms with Gasteiger partial charge in [-0.05, 0) is 49.7 Å². The summed E-state index contributed by atoms with van der Waals surface area (Å²) in [7, 11) is 4.00. The van der Waals surface area contributed by atoms with Gasteiger partial charge in [0.15, 0.2) is 5.16 Å². The van der Waals surface area contributed by atoms with Gasteiger partial charge in [-0.25, -0.2) is 0 Å². The smallest absolute Gasteiger partial charge is 0.255 e. The van der Waals surface area contributed by atoms with Crippen molar-refractivity contribution in [2.75, 3.05) is 23.4 Å². The van der Waals surface area contributed by atoms with Crippen LogP contribution in [-0.2, 0) is 18.4 Å². The summed E-state index contributed by atoms with van der Waals surface area (Å²) in [6.45, 7) is 0.792. The topological polar surface area (TPSA) is 92.2 Å². The summed E-state index contributed by atoms with van der Waals surface area (Å²) in [6, 6.07) is 15.5. The van der Waals surface area contributed by atoms with E-state index in [0.717, 1.165) is 17.8 Å². The third kappa shape index (κ3) is 6.93. The molecule has 1 heterocycles. The summed E-state index contributed by atoms with van der Waals surface area (Å²) in [6.07, 6.45) is 7.98. The van der Waals surface area contributed by atoms with Crippen molar-refractivity contribution in [3.05, 3.63) is 66.0 Å². The van der Waals surface area contributed by atoms with Crippen LogP contribution in [0.2, 0.25) is 0 Å². The van der Waals surface area contributed by atoms with Crippen LogP contribution in [0, 0.1) is 0 Å². The van der Waals surface area contributed by atoms with Gasteiger partial charge < -0.3 is 15.2 Å². The molecule has 8 nitrogen and oxygen atoms in total. The first-order chi connectivity index (χ1) is 17.0. The molecule has 1 aliphatic carbocycles. The first kappa shape index (κ1) is 24.9. The lowest BCUT2D eigenvalue weighted by atomic mass is 9.94. The minimum atomic E-state index is -0.206. The van der Waals surface area contributed by atoms with Crippen molar-refractivity contribution in [3.63, 3.8) is 0 Å². The molecule has 0 radical (unpaired) electrons. The van der Waals surface area contributed by atoms with Gasteiger partial charge in [-0.2, -0.15) is 0 Å². The highest BCUT2D eigenvalue weighted by molar-refractivity contribution is 7.99. The summed E-state index contributed by atoms with van der Waals surface area (Å²) in [4.78, 5) is 27.8. The molecule has 0 saturated heterocycles. The Morgan fingerprint density at radius 3 is 2.66 bits per heavy atom. The molecule has 1 aliphatic rings. The maximum absolute atomic E-state index is 13.1. The molecule has 2 N–H and O–H groups in total. The lowest BCUT2D eigenvalue weighted by Gasteiger charge is -2.31. The van der Waals surface area contributed by atoms with Gasteiger partial charge in [-0.1, -0.05) is 55.3 Å². The Kier molecular flexibility index (Phi) is 8.54. The summed E-state index contributed by atoms with van der Waals surface area (Å²) in [5.41, 5.74) is 2.97. The highest BCUT2D eigenvalue weighted by atomic mass is 32.2. The number of rotatable bonds is 9. The van der Waals surface area contributed by atoms with Gasteiger partial charge in [-0.15, -0.1) is 10.2 Å². The van der Waals surface area contributed by atoms with Gasteiger partial charge in [-0.3, -0.25) is 14.5 Å². The number of aromatic nitrogens is 3. The normalized spacial score (nSPS) is 14.1. The number of nitrogens with zero attached hydrogens (tertiary/aromatic N) is 4. The molecule has 1 saturated carbocycles. The molecule has 0 bridgehead atoms. The van der Waals surface area contributed by atoms with Crippen LogP contribution in [0.15, 0.2) is 60.0 Å². The quantitative estimate of drug-likeness (QED) is 0.426. The van der Waals surface area contributed by atoms with Gasteiger partial charge in [0.25, 0.3) is 5.91 Å². The van der Waals surface area contributed by atoms with E-state index in [-0.39, 0.29) is 17.6 Å². The molecular formula is C26H32N6O2S. The molecular weight excluding hydrogens is 460 g/mol. The zero-order valence-electron chi connectivity index (χ0n) is 20.2. The summed E-state index contributed by atoms with van der Waals surface area (Å²) < 4.78 is 1.76. The Morgan fingerprint density at radius 1 is 1.09 bits per heavy atom. The first-order valence-electron chi connectivity index (χ1n) is 12.0. The Bertz CT molecular complexity index is 1160. The van der Waals surface area contributed by atoms with Crippen LogP contribution in [0.3, 0.4) is 0 Å². The van der Waals surface area contributed by atoms with E-state index in [0.29, 0.717) is 22.4 Å². The monoisotopic (exact) mass is 492 g/mol. The van der Waals surface area contributed by atoms with Crippen LogP contribution in [0.25, 0.3) is 0 Å². The third-order valence-corrected chi connectivity index (χ3v) is 7.33. The highest BCUT2D eigenvalue weighted by Crippen LogP contribution is 2.25. The van der Waals surface area contributed by atoms with Crippen LogP contribution in [0.1, 0.15) is 48.0 Å². The van der Waals surface area contributed by atoms with Crippen molar-refractivity contribution in [2.45, 2.75) is 49.8 Å². The van der Waals surface area contributed by atoms with Crippen molar-refractivity contribution in [1.82, 2.24) is 19.7 Å². The average molecular weight is 493 g/mol. The van der Waals surface area contributed by atoms with E-state index in [1.807, 2.05) is 25.2 Å². The van der Waals surface area contributed by atoms with Gasteiger partial charge in [0.05, 0.1) is 5.75 Å². The van der Waals surface area contributed by atoms with Crippen molar-refractivity contribution in [3.8, 4) is 0 Å². The number of carbonyl (C=O) groups is 2. The number of thioether (sulfide) groups is 1. The summed E-state index contributed by atoms with van der Waals surface area (Å²) in [5.74, 6) is -0.181. The second kappa shape index (κ2) is 12.0. The fourth-order valence-corrected chi connectivity index (χ4v) is 5.05. The Labute approximate surface area is 210 Å². The highest BCUT2D eigenvalue weighted by Gasteiger charge is 2.19. The number of para-hydroxylation sites is 1. The van der Waals surface area contributed by atoms with E-state index < -0.39 is 0 Å². The minimum Gasteiger partial charge on any atom is -0.325 e. The minimum absolute atomic E-state index is 0.174. The third-order valence-electron chi connectivity index (χ3n) is 6.29.